The maximum atomic E-state index is 12.6. The van der Waals surface area contributed by atoms with Crippen LogP contribution in [0.25, 0.3) is 11.4 Å². The molecule has 0 aliphatic carbocycles. The van der Waals surface area contributed by atoms with Gasteiger partial charge in [0, 0.05) is 49.5 Å². The van der Waals surface area contributed by atoms with Gasteiger partial charge in [0.25, 0.3) is 0 Å². The number of carbonyl (C=O) groups is 1. The molecule has 3 aromatic heterocycles. The monoisotopic (exact) mass is 396 g/mol. The van der Waals surface area contributed by atoms with Gasteiger partial charge in [0.05, 0.1) is 11.4 Å². The van der Waals surface area contributed by atoms with Crippen molar-refractivity contribution in [3.05, 3.63) is 102 Å². The number of Topliss-reactive ketones (excluding diaryl/α,β-unsaturated/α-hetero) is 1. The lowest BCUT2D eigenvalue weighted by Crippen LogP contribution is -2.09. The number of carbonyl (C=O) groups excluding carboxylic acids is 1. The Hall–Kier alpha value is -3.60. The second-order valence-electron chi connectivity index (χ2n) is 7.51. The van der Waals surface area contributed by atoms with E-state index in [1.807, 2.05) is 61.7 Å². The number of nitrogens with one attached hydrogen (secondary N) is 1. The molecule has 0 spiro atoms. The van der Waals surface area contributed by atoms with Gasteiger partial charge in [0.15, 0.2) is 0 Å². The average molecular weight is 396 g/mol. The third-order valence-corrected chi connectivity index (χ3v) is 5.06. The van der Waals surface area contributed by atoms with Gasteiger partial charge in [-0.3, -0.25) is 9.78 Å². The molecule has 4 aromatic rings. The molecule has 0 bridgehead atoms. The van der Waals surface area contributed by atoms with E-state index in [1.54, 1.807) is 12.4 Å². The van der Waals surface area contributed by atoms with E-state index in [9.17, 15) is 4.79 Å². The summed E-state index contributed by atoms with van der Waals surface area (Å²) < 4.78 is 0. The van der Waals surface area contributed by atoms with Crippen LogP contribution < -0.4 is 0 Å². The van der Waals surface area contributed by atoms with Gasteiger partial charge in [-0.2, -0.15) is 0 Å². The Labute approximate surface area is 176 Å². The molecule has 150 valence electrons. The first-order valence-electron chi connectivity index (χ1n) is 10.1. The number of nitrogens with zero attached hydrogens (tertiary/aromatic N) is 3. The standard InChI is InChI=1S/C25H24N4O/c1-18(22-8-2-3-11-26-22)14-21(30)16-19-6-4-7-20(15-19)17-25-28-13-10-24(29-25)23-9-5-12-27-23/h2-13,15,18,27H,14,16-17H2,1H3. The smallest absolute Gasteiger partial charge is 0.137 e. The van der Waals surface area contributed by atoms with Crippen molar-refractivity contribution >= 4 is 5.78 Å². The molecule has 1 unspecified atom stereocenters. The van der Waals surface area contributed by atoms with E-state index in [1.165, 1.54) is 0 Å². The van der Waals surface area contributed by atoms with Gasteiger partial charge in [0.1, 0.15) is 11.6 Å². The van der Waals surface area contributed by atoms with Gasteiger partial charge in [-0.1, -0.05) is 37.3 Å². The van der Waals surface area contributed by atoms with Crippen molar-refractivity contribution in [2.45, 2.75) is 32.1 Å². The summed E-state index contributed by atoms with van der Waals surface area (Å²) in [5, 5.41) is 0. The minimum Gasteiger partial charge on any atom is -0.360 e. The van der Waals surface area contributed by atoms with Crippen LogP contribution in [0.2, 0.25) is 0 Å². The van der Waals surface area contributed by atoms with Gasteiger partial charge in [0.2, 0.25) is 0 Å². The largest absolute Gasteiger partial charge is 0.360 e. The Morgan fingerprint density at radius 1 is 0.967 bits per heavy atom. The van der Waals surface area contributed by atoms with Crippen molar-refractivity contribution in [3.63, 3.8) is 0 Å². The molecule has 0 fully saturated rings. The van der Waals surface area contributed by atoms with Crippen LogP contribution in [0.3, 0.4) is 0 Å². The fourth-order valence-electron chi connectivity index (χ4n) is 3.57. The number of rotatable bonds is 8. The predicted octanol–water partition coefficient (Wildman–Crippen LogP) is 4.76. The van der Waals surface area contributed by atoms with Gasteiger partial charge < -0.3 is 4.98 Å². The summed E-state index contributed by atoms with van der Waals surface area (Å²) in [7, 11) is 0. The Kier molecular flexibility index (Phi) is 6.09. The quantitative estimate of drug-likeness (QED) is 0.466. The lowest BCUT2D eigenvalue weighted by molar-refractivity contribution is -0.118. The second-order valence-corrected chi connectivity index (χ2v) is 7.51. The second kappa shape index (κ2) is 9.27. The third kappa shape index (κ3) is 5.06. The van der Waals surface area contributed by atoms with E-state index in [0.717, 1.165) is 34.0 Å². The number of aromatic nitrogens is 4. The van der Waals surface area contributed by atoms with E-state index in [-0.39, 0.29) is 11.7 Å². The van der Waals surface area contributed by atoms with Gasteiger partial charge in [-0.05, 0) is 41.5 Å². The third-order valence-electron chi connectivity index (χ3n) is 5.06. The lowest BCUT2D eigenvalue weighted by Gasteiger charge is -2.10. The lowest BCUT2D eigenvalue weighted by atomic mass is 9.96. The minimum absolute atomic E-state index is 0.117. The summed E-state index contributed by atoms with van der Waals surface area (Å²) in [6, 6.07) is 19.8. The highest BCUT2D eigenvalue weighted by atomic mass is 16.1. The fourth-order valence-corrected chi connectivity index (χ4v) is 3.57. The van der Waals surface area contributed by atoms with Crippen LogP contribution in [0.4, 0.5) is 0 Å². The molecular formula is C25H24N4O. The van der Waals surface area contributed by atoms with Crippen molar-refractivity contribution in [3.8, 4) is 11.4 Å². The van der Waals surface area contributed by atoms with E-state index in [2.05, 4.69) is 32.1 Å². The SMILES string of the molecule is CC(CC(=O)Cc1cccc(Cc2nccc(-c3ccc[nH]3)n2)c1)c1ccccn1. The molecule has 0 saturated heterocycles. The van der Waals surface area contributed by atoms with Crippen LogP contribution in [0, 0.1) is 0 Å². The molecule has 0 aliphatic rings. The first-order chi connectivity index (χ1) is 14.7. The molecule has 30 heavy (non-hydrogen) atoms. The molecule has 0 amide bonds. The molecule has 4 rings (SSSR count). The first-order valence-corrected chi connectivity index (χ1v) is 10.1. The molecule has 0 saturated carbocycles. The zero-order chi connectivity index (χ0) is 20.8. The molecule has 0 aliphatic heterocycles. The first kappa shape index (κ1) is 19.7. The summed E-state index contributed by atoms with van der Waals surface area (Å²) in [5.74, 6) is 1.09. The number of ketones is 1. The highest BCUT2D eigenvalue weighted by molar-refractivity contribution is 5.81. The van der Waals surface area contributed by atoms with Crippen LogP contribution in [0.5, 0.6) is 0 Å². The van der Waals surface area contributed by atoms with E-state index in [0.29, 0.717) is 19.3 Å². The van der Waals surface area contributed by atoms with Crippen LogP contribution in [-0.2, 0) is 17.6 Å². The van der Waals surface area contributed by atoms with Crippen LogP contribution in [0.1, 0.15) is 41.9 Å². The van der Waals surface area contributed by atoms with E-state index in [4.69, 9.17) is 0 Å². The summed E-state index contributed by atoms with van der Waals surface area (Å²) in [4.78, 5) is 29.2. The fraction of sp³-hybridized carbons (Fsp3) is 0.200. The Bertz CT molecular complexity index is 1110. The molecule has 1 aromatic carbocycles. The summed E-state index contributed by atoms with van der Waals surface area (Å²) in [6.07, 6.45) is 6.97. The van der Waals surface area contributed by atoms with Crippen molar-refractivity contribution < 1.29 is 4.79 Å². The molecule has 5 nitrogen and oxygen atoms in total. The molecule has 3 heterocycles. The number of hydrogen-bond acceptors (Lipinski definition) is 4. The molecular weight excluding hydrogens is 372 g/mol. The Morgan fingerprint density at radius 2 is 1.87 bits per heavy atom. The highest BCUT2D eigenvalue weighted by Crippen LogP contribution is 2.19. The average Bonchev–Trinajstić information content (AvgIpc) is 3.30. The summed E-state index contributed by atoms with van der Waals surface area (Å²) >= 11 is 0. The predicted molar refractivity (Wildman–Crippen MR) is 117 cm³/mol. The minimum atomic E-state index is 0.117. The molecule has 0 radical (unpaired) electrons. The maximum Gasteiger partial charge on any atom is 0.137 e. The zero-order valence-electron chi connectivity index (χ0n) is 17.0. The van der Waals surface area contributed by atoms with Gasteiger partial charge in [-0.25, -0.2) is 9.97 Å². The number of aromatic amines is 1. The summed E-state index contributed by atoms with van der Waals surface area (Å²) in [6.45, 7) is 2.05. The van der Waals surface area contributed by atoms with Gasteiger partial charge >= 0.3 is 0 Å². The van der Waals surface area contributed by atoms with Crippen LogP contribution in [-0.4, -0.2) is 25.7 Å². The molecule has 5 heteroatoms. The number of hydrogen-bond donors (Lipinski definition) is 1. The van der Waals surface area contributed by atoms with E-state index < -0.39 is 0 Å². The number of H-pyrrole nitrogens is 1. The van der Waals surface area contributed by atoms with E-state index >= 15 is 0 Å². The van der Waals surface area contributed by atoms with Crippen LogP contribution in [0.15, 0.2) is 79.3 Å². The van der Waals surface area contributed by atoms with Crippen LogP contribution >= 0.6 is 0 Å². The number of benzene rings is 1. The van der Waals surface area contributed by atoms with Crippen molar-refractivity contribution in [2.24, 2.45) is 0 Å². The molecule has 1 N–H and O–H groups in total. The Morgan fingerprint density at radius 3 is 2.67 bits per heavy atom. The van der Waals surface area contributed by atoms with Crippen molar-refractivity contribution in [2.75, 3.05) is 0 Å². The van der Waals surface area contributed by atoms with Crippen molar-refractivity contribution in [1.29, 1.82) is 0 Å². The number of pyridine rings is 1. The maximum absolute atomic E-state index is 12.6. The summed E-state index contributed by atoms with van der Waals surface area (Å²) in [5.41, 5.74) is 4.92. The highest BCUT2D eigenvalue weighted by Gasteiger charge is 2.13. The molecule has 1 atom stereocenters. The van der Waals surface area contributed by atoms with Crippen molar-refractivity contribution in [1.82, 2.24) is 19.9 Å². The van der Waals surface area contributed by atoms with Gasteiger partial charge in [-0.15, -0.1) is 0 Å². The normalized spacial score (nSPS) is 11.9. The zero-order valence-corrected chi connectivity index (χ0v) is 17.0. The Balaban J connectivity index is 1.40. The topological polar surface area (TPSA) is 71.5 Å².